The number of pyridine rings is 1. The molecule has 0 saturated heterocycles. The summed E-state index contributed by atoms with van der Waals surface area (Å²) in [6, 6.07) is 16.8. The molecule has 0 bridgehead atoms. The largest absolute Gasteiger partial charge is 0.339 e. The van der Waals surface area contributed by atoms with Crippen molar-refractivity contribution in [1.82, 2.24) is 9.38 Å². The first-order chi connectivity index (χ1) is 11.6. The number of aryl methyl sites for hydroxylation is 3. The van der Waals surface area contributed by atoms with E-state index in [4.69, 9.17) is 4.98 Å². The third-order valence-electron chi connectivity index (χ3n) is 4.22. The summed E-state index contributed by atoms with van der Waals surface area (Å²) in [5.74, 6) is 1.02. The summed E-state index contributed by atoms with van der Waals surface area (Å²) < 4.78 is 2.14. The minimum atomic E-state index is 0.995. The van der Waals surface area contributed by atoms with Crippen LogP contribution in [0, 0.1) is 20.8 Å². The molecular weight excluding hydrogens is 314 g/mol. The molecule has 1 N–H and O–H groups in total. The number of aromatic nitrogens is 2. The molecule has 3 aromatic heterocycles. The maximum Gasteiger partial charge on any atom is 0.144 e. The van der Waals surface area contributed by atoms with E-state index in [1.165, 1.54) is 20.9 Å². The fourth-order valence-electron chi connectivity index (χ4n) is 2.90. The van der Waals surface area contributed by atoms with Gasteiger partial charge in [-0.05, 0) is 56.2 Å². The number of nitrogens with one attached hydrogen (secondary N) is 1. The standard InChI is InChI=1S/C20H19N3S/c1-13-7-4-5-9-16(13)21-20-18(17-11-10-15(3)24-17)22-19-14(2)8-6-12-23(19)20/h4-12,21H,1-3H3. The SMILES string of the molecule is Cc1ccc(-c2nc3c(C)cccn3c2Nc2ccccc2C)s1. The average molecular weight is 333 g/mol. The van der Waals surface area contributed by atoms with Crippen molar-refractivity contribution in [3.05, 3.63) is 70.7 Å². The van der Waals surface area contributed by atoms with Gasteiger partial charge in [-0.25, -0.2) is 4.98 Å². The number of fused-ring (bicyclic) bond motifs is 1. The van der Waals surface area contributed by atoms with Crippen molar-refractivity contribution >= 4 is 28.5 Å². The van der Waals surface area contributed by atoms with Crippen LogP contribution in [0.1, 0.15) is 16.0 Å². The van der Waals surface area contributed by atoms with Gasteiger partial charge in [0, 0.05) is 16.8 Å². The van der Waals surface area contributed by atoms with Crippen molar-refractivity contribution in [2.24, 2.45) is 0 Å². The highest BCUT2D eigenvalue weighted by atomic mass is 32.1. The molecule has 24 heavy (non-hydrogen) atoms. The number of thiophene rings is 1. The lowest BCUT2D eigenvalue weighted by Crippen LogP contribution is -1.98. The summed E-state index contributed by atoms with van der Waals surface area (Å²) in [6.07, 6.45) is 2.07. The smallest absolute Gasteiger partial charge is 0.144 e. The van der Waals surface area contributed by atoms with Gasteiger partial charge in [0.25, 0.3) is 0 Å². The van der Waals surface area contributed by atoms with E-state index in [1.807, 2.05) is 0 Å². The number of hydrogen-bond donors (Lipinski definition) is 1. The molecule has 120 valence electrons. The van der Waals surface area contributed by atoms with Crippen LogP contribution in [0.2, 0.25) is 0 Å². The number of nitrogens with zero attached hydrogens (tertiary/aromatic N) is 2. The minimum absolute atomic E-state index is 0.995. The lowest BCUT2D eigenvalue weighted by Gasteiger charge is -2.10. The quantitative estimate of drug-likeness (QED) is 0.518. The number of imidazole rings is 1. The van der Waals surface area contributed by atoms with E-state index in [0.717, 1.165) is 22.8 Å². The average Bonchev–Trinajstić information content (AvgIpc) is 3.15. The van der Waals surface area contributed by atoms with Gasteiger partial charge in [-0.3, -0.25) is 4.40 Å². The molecule has 0 spiro atoms. The maximum atomic E-state index is 4.93. The Hall–Kier alpha value is -2.59. The second-order valence-electron chi connectivity index (χ2n) is 6.04. The van der Waals surface area contributed by atoms with E-state index >= 15 is 0 Å². The molecule has 0 amide bonds. The summed E-state index contributed by atoms with van der Waals surface area (Å²) in [5, 5.41) is 3.61. The Morgan fingerprint density at radius 2 is 1.71 bits per heavy atom. The fraction of sp³-hybridized carbons (Fsp3) is 0.150. The van der Waals surface area contributed by atoms with Crippen LogP contribution in [0.25, 0.3) is 16.2 Å². The zero-order valence-electron chi connectivity index (χ0n) is 14.0. The van der Waals surface area contributed by atoms with Crippen molar-refractivity contribution < 1.29 is 0 Å². The van der Waals surface area contributed by atoms with Crippen molar-refractivity contribution in [3.8, 4) is 10.6 Å². The summed E-state index contributed by atoms with van der Waals surface area (Å²) in [7, 11) is 0. The van der Waals surface area contributed by atoms with Gasteiger partial charge in [0.1, 0.15) is 17.2 Å². The van der Waals surface area contributed by atoms with Crippen LogP contribution >= 0.6 is 11.3 Å². The van der Waals surface area contributed by atoms with Gasteiger partial charge < -0.3 is 5.32 Å². The van der Waals surface area contributed by atoms with Crippen LogP contribution in [0.5, 0.6) is 0 Å². The van der Waals surface area contributed by atoms with Gasteiger partial charge in [-0.15, -0.1) is 11.3 Å². The van der Waals surface area contributed by atoms with Crippen molar-refractivity contribution in [2.45, 2.75) is 20.8 Å². The van der Waals surface area contributed by atoms with E-state index in [-0.39, 0.29) is 0 Å². The second-order valence-corrected chi connectivity index (χ2v) is 7.33. The minimum Gasteiger partial charge on any atom is -0.339 e. The molecule has 0 saturated carbocycles. The number of benzene rings is 1. The summed E-state index contributed by atoms with van der Waals surface area (Å²) >= 11 is 1.78. The van der Waals surface area contributed by atoms with Crippen molar-refractivity contribution in [3.63, 3.8) is 0 Å². The molecule has 0 aliphatic rings. The zero-order valence-corrected chi connectivity index (χ0v) is 14.8. The predicted molar refractivity (Wildman–Crippen MR) is 102 cm³/mol. The van der Waals surface area contributed by atoms with Crippen LogP contribution in [-0.2, 0) is 0 Å². The Labute approximate surface area is 145 Å². The molecule has 0 atom stereocenters. The third kappa shape index (κ3) is 2.49. The molecule has 0 unspecified atom stereocenters. The molecule has 0 aliphatic heterocycles. The molecular formula is C20H19N3S. The van der Waals surface area contributed by atoms with E-state index in [1.54, 1.807) is 11.3 Å². The lowest BCUT2D eigenvalue weighted by atomic mass is 10.2. The van der Waals surface area contributed by atoms with Gasteiger partial charge in [0.15, 0.2) is 0 Å². The van der Waals surface area contributed by atoms with Crippen LogP contribution < -0.4 is 5.32 Å². The van der Waals surface area contributed by atoms with Gasteiger partial charge in [0.05, 0.1) is 4.88 Å². The van der Waals surface area contributed by atoms with E-state index < -0.39 is 0 Å². The van der Waals surface area contributed by atoms with Gasteiger partial charge in [-0.1, -0.05) is 24.3 Å². The first-order valence-electron chi connectivity index (χ1n) is 8.00. The molecule has 4 heteroatoms. The van der Waals surface area contributed by atoms with Crippen LogP contribution in [-0.4, -0.2) is 9.38 Å². The molecule has 3 nitrogen and oxygen atoms in total. The number of para-hydroxylation sites is 1. The van der Waals surface area contributed by atoms with Crippen LogP contribution in [0.3, 0.4) is 0 Å². The normalized spacial score (nSPS) is 11.1. The second kappa shape index (κ2) is 5.80. The molecule has 4 aromatic rings. The Bertz CT molecular complexity index is 1030. The topological polar surface area (TPSA) is 29.3 Å². The number of anilines is 2. The first-order valence-corrected chi connectivity index (χ1v) is 8.82. The molecule has 0 aliphatic carbocycles. The van der Waals surface area contributed by atoms with E-state index in [0.29, 0.717) is 0 Å². The summed E-state index contributed by atoms with van der Waals surface area (Å²) in [6.45, 7) is 6.35. The molecule has 3 heterocycles. The molecule has 4 rings (SSSR count). The van der Waals surface area contributed by atoms with Crippen LogP contribution in [0.4, 0.5) is 11.5 Å². The van der Waals surface area contributed by atoms with E-state index in [9.17, 15) is 0 Å². The van der Waals surface area contributed by atoms with Gasteiger partial charge in [-0.2, -0.15) is 0 Å². The lowest BCUT2D eigenvalue weighted by molar-refractivity contribution is 1.16. The highest BCUT2D eigenvalue weighted by Gasteiger charge is 2.17. The highest BCUT2D eigenvalue weighted by molar-refractivity contribution is 7.15. The third-order valence-corrected chi connectivity index (χ3v) is 5.22. The fourth-order valence-corrected chi connectivity index (χ4v) is 3.76. The predicted octanol–water partition coefficient (Wildman–Crippen LogP) is 5.73. The van der Waals surface area contributed by atoms with E-state index in [2.05, 4.69) is 85.2 Å². The Morgan fingerprint density at radius 3 is 2.46 bits per heavy atom. The van der Waals surface area contributed by atoms with Crippen LogP contribution in [0.15, 0.2) is 54.7 Å². The number of hydrogen-bond acceptors (Lipinski definition) is 3. The number of rotatable bonds is 3. The Balaban J connectivity index is 1.95. The Kier molecular flexibility index (Phi) is 3.62. The summed E-state index contributed by atoms with van der Waals surface area (Å²) in [4.78, 5) is 7.41. The molecule has 0 radical (unpaired) electrons. The van der Waals surface area contributed by atoms with Gasteiger partial charge >= 0.3 is 0 Å². The van der Waals surface area contributed by atoms with Crippen molar-refractivity contribution in [1.29, 1.82) is 0 Å². The highest BCUT2D eigenvalue weighted by Crippen LogP contribution is 2.36. The van der Waals surface area contributed by atoms with Gasteiger partial charge in [0.2, 0.25) is 0 Å². The molecule has 0 fully saturated rings. The summed E-state index contributed by atoms with van der Waals surface area (Å²) in [5.41, 5.74) is 5.49. The maximum absolute atomic E-state index is 4.93. The zero-order chi connectivity index (χ0) is 16.7. The monoisotopic (exact) mass is 333 g/mol. The van der Waals surface area contributed by atoms with Crippen molar-refractivity contribution in [2.75, 3.05) is 5.32 Å². The molecule has 1 aromatic carbocycles. The first kappa shape index (κ1) is 15.0. The Morgan fingerprint density at radius 1 is 0.917 bits per heavy atom.